The summed E-state index contributed by atoms with van der Waals surface area (Å²) in [5.41, 5.74) is 9.34. The highest BCUT2D eigenvalue weighted by atomic mass is 16.5. The van der Waals surface area contributed by atoms with Crippen LogP contribution in [0.3, 0.4) is 0 Å². The molecule has 1 aliphatic heterocycles. The third-order valence-corrected chi connectivity index (χ3v) is 4.94. The van der Waals surface area contributed by atoms with Crippen LogP contribution in [0.5, 0.6) is 0 Å². The highest BCUT2D eigenvalue weighted by Gasteiger charge is 2.23. The summed E-state index contributed by atoms with van der Waals surface area (Å²) < 4.78 is 10.3. The van der Waals surface area contributed by atoms with E-state index in [2.05, 4.69) is 30.9 Å². The number of ether oxygens (including phenoxy) is 2. The summed E-state index contributed by atoms with van der Waals surface area (Å²) in [6, 6.07) is 6.71. The molecule has 1 heterocycles. The van der Waals surface area contributed by atoms with E-state index in [1.54, 1.807) is 0 Å². The van der Waals surface area contributed by atoms with Crippen molar-refractivity contribution in [2.45, 2.75) is 51.5 Å². The molecule has 0 unspecified atom stereocenters. The first-order valence-electron chi connectivity index (χ1n) is 8.91. The van der Waals surface area contributed by atoms with Crippen LogP contribution >= 0.6 is 0 Å². The number of carbonyl (C=O) groups excluding carboxylic acids is 1. The number of carbonyl (C=O) groups is 1. The van der Waals surface area contributed by atoms with Crippen molar-refractivity contribution >= 4 is 17.3 Å². The summed E-state index contributed by atoms with van der Waals surface area (Å²) >= 11 is 0. The second-order valence-corrected chi connectivity index (χ2v) is 6.33. The summed E-state index contributed by atoms with van der Waals surface area (Å²) in [7, 11) is 1.43. The average Bonchev–Trinajstić information content (AvgIpc) is 2.62. The van der Waals surface area contributed by atoms with Gasteiger partial charge < -0.3 is 20.1 Å². The molecule has 5 heteroatoms. The van der Waals surface area contributed by atoms with E-state index in [-0.39, 0.29) is 11.9 Å². The first-order chi connectivity index (χ1) is 11.6. The largest absolute Gasteiger partial charge is 0.469 e. The molecule has 1 atom stereocenters. The molecule has 0 aliphatic carbocycles. The fourth-order valence-electron chi connectivity index (χ4n) is 3.49. The lowest BCUT2D eigenvalue weighted by atomic mass is 9.92. The molecule has 134 valence electrons. The lowest BCUT2D eigenvalue weighted by Crippen LogP contribution is -2.39. The number of methoxy groups -OCH3 is 1. The summed E-state index contributed by atoms with van der Waals surface area (Å²) in [6.07, 6.45) is 3.35. The standard InChI is InChI=1S/C19H30N2O3/c1-4-14(13-19(22)23-3)15-6-7-18(17(20)12-15)21(5-2)16-8-10-24-11-9-16/h6-7,12,14,16H,4-5,8-11,13,20H2,1-3H3/t14-/m1/s1. The van der Waals surface area contributed by atoms with Crippen LogP contribution in [0.15, 0.2) is 18.2 Å². The summed E-state index contributed by atoms with van der Waals surface area (Å²) in [4.78, 5) is 14.0. The molecule has 0 amide bonds. The van der Waals surface area contributed by atoms with Gasteiger partial charge in [0.05, 0.1) is 24.9 Å². The van der Waals surface area contributed by atoms with Crippen molar-refractivity contribution in [3.8, 4) is 0 Å². The minimum atomic E-state index is -0.179. The van der Waals surface area contributed by atoms with Gasteiger partial charge in [-0.15, -0.1) is 0 Å². The van der Waals surface area contributed by atoms with Gasteiger partial charge in [0.2, 0.25) is 0 Å². The van der Waals surface area contributed by atoms with Crippen LogP contribution < -0.4 is 10.6 Å². The molecule has 0 saturated carbocycles. The zero-order valence-corrected chi connectivity index (χ0v) is 15.1. The Kier molecular flexibility index (Phi) is 6.91. The Morgan fingerprint density at radius 1 is 1.38 bits per heavy atom. The fourth-order valence-corrected chi connectivity index (χ4v) is 3.49. The Bertz CT molecular complexity index is 541. The van der Waals surface area contributed by atoms with Gasteiger partial charge in [-0.2, -0.15) is 0 Å². The number of benzene rings is 1. The van der Waals surface area contributed by atoms with E-state index in [4.69, 9.17) is 15.2 Å². The van der Waals surface area contributed by atoms with Gasteiger partial charge in [-0.25, -0.2) is 0 Å². The monoisotopic (exact) mass is 334 g/mol. The maximum Gasteiger partial charge on any atom is 0.306 e. The average molecular weight is 334 g/mol. The van der Waals surface area contributed by atoms with Crippen LogP contribution in [0.2, 0.25) is 0 Å². The lowest BCUT2D eigenvalue weighted by Gasteiger charge is -2.36. The molecular weight excluding hydrogens is 304 g/mol. The summed E-state index contributed by atoms with van der Waals surface area (Å²) in [5.74, 6) is -0.0335. The molecule has 1 aliphatic rings. The van der Waals surface area contributed by atoms with Gasteiger partial charge in [-0.1, -0.05) is 13.0 Å². The van der Waals surface area contributed by atoms with Crippen LogP contribution in [-0.4, -0.2) is 38.9 Å². The highest BCUT2D eigenvalue weighted by molar-refractivity contribution is 5.72. The smallest absolute Gasteiger partial charge is 0.306 e. The molecule has 2 rings (SSSR count). The van der Waals surface area contributed by atoms with E-state index >= 15 is 0 Å². The molecule has 0 radical (unpaired) electrons. The minimum Gasteiger partial charge on any atom is -0.469 e. The number of hydrogen-bond acceptors (Lipinski definition) is 5. The van der Waals surface area contributed by atoms with Crippen molar-refractivity contribution in [2.75, 3.05) is 37.5 Å². The highest BCUT2D eigenvalue weighted by Crippen LogP contribution is 2.33. The Morgan fingerprint density at radius 2 is 2.08 bits per heavy atom. The number of rotatable bonds is 7. The number of esters is 1. The third kappa shape index (κ3) is 4.41. The Labute approximate surface area is 145 Å². The Morgan fingerprint density at radius 3 is 2.62 bits per heavy atom. The van der Waals surface area contributed by atoms with Crippen LogP contribution in [0, 0.1) is 0 Å². The number of nitrogens with zero attached hydrogens (tertiary/aromatic N) is 1. The third-order valence-electron chi connectivity index (χ3n) is 4.94. The predicted molar refractivity (Wildman–Crippen MR) is 97.4 cm³/mol. The van der Waals surface area contributed by atoms with E-state index in [1.807, 2.05) is 6.07 Å². The van der Waals surface area contributed by atoms with E-state index in [0.29, 0.717) is 12.5 Å². The number of anilines is 2. The first-order valence-corrected chi connectivity index (χ1v) is 8.91. The molecular formula is C19H30N2O3. The summed E-state index contributed by atoms with van der Waals surface area (Å²) in [5, 5.41) is 0. The minimum absolute atomic E-state index is 0.145. The Balaban J connectivity index is 2.19. The summed E-state index contributed by atoms with van der Waals surface area (Å²) in [6.45, 7) is 6.80. The van der Waals surface area contributed by atoms with Gasteiger partial charge in [0.25, 0.3) is 0 Å². The second-order valence-electron chi connectivity index (χ2n) is 6.33. The van der Waals surface area contributed by atoms with Crippen LogP contribution in [0.1, 0.15) is 51.0 Å². The van der Waals surface area contributed by atoms with Gasteiger partial charge >= 0.3 is 5.97 Å². The van der Waals surface area contributed by atoms with Crippen molar-refractivity contribution in [3.05, 3.63) is 23.8 Å². The lowest BCUT2D eigenvalue weighted by molar-refractivity contribution is -0.141. The fraction of sp³-hybridized carbons (Fsp3) is 0.632. The van der Waals surface area contributed by atoms with E-state index < -0.39 is 0 Å². The van der Waals surface area contributed by atoms with Crippen molar-refractivity contribution in [1.82, 2.24) is 0 Å². The van der Waals surface area contributed by atoms with Crippen molar-refractivity contribution in [3.63, 3.8) is 0 Å². The van der Waals surface area contributed by atoms with Crippen molar-refractivity contribution in [2.24, 2.45) is 0 Å². The van der Waals surface area contributed by atoms with Gasteiger partial charge in [-0.05, 0) is 49.8 Å². The maximum absolute atomic E-state index is 11.6. The molecule has 1 fully saturated rings. The normalized spacial score (nSPS) is 16.6. The molecule has 0 spiro atoms. The first kappa shape index (κ1) is 18.6. The molecule has 0 bridgehead atoms. The van der Waals surface area contributed by atoms with Crippen molar-refractivity contribution in [1.29, 1.82) is 0 Å². The van der Waals surface area contributed by atoms with Crippen LogP contribution in [0.4, 0.5) is 11.4 Å². The maximum atomic E-state index is 11.6. The second kappa shape index (κ2) is 8.92. The van der Waals surface area contributed by atoms with Crippen molar-refractivity contribution < 1.29 is 14.3 Å². The van der Waals surface area contributed by atoms with Gasteiger partial charge in [-0.3, -0.25) is 4.79 Å². The molecule has 24 heavy (non-hydrogen) atoms. The Hall–Kier alpha value is -1.75. The molecule has 2 N–H and O–H groups in total. The molecule has 1 aromatic rings. The topological polar surface area (TPSA) is 64.8 Å². The molecule has 1 saturated heterocycles. The van der Waals surface area contributed by atoms with Gasteiger partial charge in [0.1, 0.15) is 0 Å². The number of nitrogens with two attached hydrogens (primary N) is 1. The van der Waals surface area contributed by atoms with Gasteiger partial charge in [0.15, 0.2) is 0 Å². The predicted octanol–water partition coefficient (Wildman–Crippen LogP) is 3.33. The number of nitrogen functional groups attached to an aromatic ring is 1. The molecule has 1 aromatic carbocycles. The van der Waals surface area contributed by atoms with Gasteiger partial charge in [0, 0.05) is 25.8 Å². The van der Waals surface area contributed by atoms with Crippen LogP contribution in [-0.2, 0) is 14.3 Å². The van der Waals surface area contributed by atoms with E-state index in [0.717, 1.165) is 56.0 Å². The van der Waals surface area contributed by atoms with E-state index in [1.165, 1.54) is 7.11 Å². The van der Waals surface area contributed by atoms with E-state index in [9.17, 15) is 4.79 Å². The molecule has 5 nitrogen and oxygen atoms in total. The molecule has 0 aromatic heterocycles. The number of hydrogen-bond donors (Lipinski definition) is 1. The quantitative estimate of drug-likeness (QED) is 0.612. The van der Waals surface area contributed by atoms with Crippen LogP contribution in [0.25, 0.3) is 0 Å². The zero-order chi connectivity index (χ0) is 17.5. The zero-order valence-electron chi connectivity index (χ0n) is 15.1. The SMILES string of the molecule is CC[C@H](CC(=O)OC)c1ccc(N(CC)C2CCOCC2)c(N)c1.